The van der Waals surface area contributed by atoms with E-state index in [-0.39, 0.29) is 12.2 Å². The summed E-state index contributed by atoms with van der Waals surface area (Å²) in [7, 11) is 0. The molecule has 0 radical (unpaired) electrons. The van der Waals surface area contributed by atoms with Crippen molar-refractivity contribution in [2.24, 2.45) is 0 Å². The van der Waals surface area contributed by atoms with E-state index in [0.29, 0.717) is 6.07 Å². The van der Waals surface area contributed by atoms with Crippen LogP contribution in [0.3, 0.4) is 0 Å². The molecule has 1 atom stereocenters. The van der Waals surface area contributed by atoms with Crippen LogP contribution >= 0.6 is 0 Å². The number of ether oxygens (including phenoxy) is 1. The molecule has 0 spiro atoms. The first-order valence-corrected chi connectivity index (χ1v) is 4.89. The molecular formula is C10H11F4NO3. The zero-order valence-electron chi connectivity index (χ0n) is 9.04. The Balaban J connectivity index is 2.74. The van der Waals surface area contributed by atoms with Gasteiger partial charge >= 0.3 is 6.36 Å². The third-order valence-corrected chi connectivity index (χ3v) is 1.86. The van der Waals surface area contributed by atoms with E-state index in [0.717, 1.165) is 12.1 Å². The van der Waals surface area contributed by atoms with Crippen LogP contribution in [0.2, 0.25) is 0 Å². The molecule has 0 saturated heterocycles. The maximum Gasteiger partial charge on any atom is 0.573 e. The van der Waals surface area contributed by atoms with Gasteiger partial charge in [-0.05, 0) is 6.07 Å². The molecule has 102 valence electrons. The van der Waals surface area contributed by atoms with Crippen molar-refractivity contribution in [2.45, 2.75) is 12.5 Å². The van der Waals surface area contributed by atoms with Crippen molar-refractivity contribution in [1.82, 2.24) is 0 Å². The lowest BCUT2D eigenvalue weighted by molar-refractivity contribution is -0.274. The van der Waals surface area contributed by atoms with Gasteiger partial charge < -0.3 is 20.3 Å². The number of hydrogen-bond donors (Lipinski definition) is 3. The Morgan fingerprint density at radius 3 is 2.50 bits per heavy atom. The van der Waals surface area contributed by atoms with E-state index in [9.17, 15) is 17.6 Å². The van der Waals surface area contributed by atoms with Crippen LogP contribution in [0.1, 0.15) is 0 Å². The lowest BCUT2D eigenvalue weighted by Gasteiger charge is -2.13. The highest BCUT2D eigenvalue weighted by molar-refractivity contribution is 5.48. The Morgan fingerprint density at radius 1 is 1.28 bits per heavy atom. The van der Waals surface area contributed by atoms with Gasteiger partial charge in [0.05, 0.1) is 12.7 Å². The largest absolute Gasteiger partial charge is 0.573 e. The molecule has 0 saturated carbocycles. The molecule has 4 nitrogen and oxygen atoms in total. The summed E-state index contributed by atoms with van der Waals surface area (Å²) >= 11 is 0. The van der Waals surface area contributed by atoms with E-state index in [4.69, 9.17) is 10.2 Å². The normalized spacial score (nSPS) is 13.2. The number of hydrogen-bond acceptors (Lipinski definition) is 4. The zero-order valence-corrected chi connectivity index (χ0v) is 9.04. The highest BCUT2D eigenvalue weighted by Gasteiger charge is 2.31. The fraction of sp³-hybridized carbons (Fsp3) is 0.400. The highest BCUT2D eigenvalue weighted by atomic mass is 19.4. The second-order valence-corrected chi connectivity index (χ2v) is 3.44. The molecule has 0 heterocycles. The molecule has 1 aromatic rings. The number of halogens is 4. The minimum Gasteiger partial charge on any atom is -0.406 e. The smallest absolute Gasteiger partial charge is 0.406 e. The number of aliphatic hydroxyl groups is 2. The summed E-state index contributed by atoms with van der Waals surface area (Å²) in [5.74, 6) is -1.62. The van der Waals surface area contributed by atoms with E-state index in [1.54, 1.807) is 0 Å². The monoisotopic (exact) mass is 269 g/mol. The van der Waals surface area contributed by atoms with Crippen LogP contribution < -0.4 is 10.1 Å². The van der Waals surface area contributed by atoms with Gasteiger partial charge in [0.2, 0.25) is 0 Å². The Hall–Kier alpha value is -1.54. The quantitative estimate of drug-likeness (QED) is 0.709. The van der Waals surface area contributed by atoms with Crippen LogP contribution in [-0.2, 0) is 0 Å². The van der Waals surface area contributed by atoms with Gasteiger partial charge in [0, 0.05) is 24.4 Å². The van der Waals surface area contributed by atoms with Crippen LogP contribution in [0.4, 0.5) is 23.2 Å². The van der Waals surface area contributed by atoms with Gasteiger partial charge in [-0.3, -0.25) is 0 Å². The molecular weight excluding hydrogens is 258 g/mol. The van der Waals surface area contributed by atoms with E-state index in [2.05, 4.69) is 10.1 Å². The maximum absolute atomic E-state index is 13.0. The average molecular weight is 269 g/mol. The molecule has 0 aliphatic heterocycles. The summed E-state index contributed by atoms with van der Waals surface area (Å²) in [6.07, 6.45) is -6.00. The summed E-state index contributed by atoms with van der Waals surface area (Å²) in [6.45, 7) is -0.653. The van der Waals surface area contributed by atoms with Gasteiger partial charge in [-0.1, -0.05) is 0 Å². The second kappa shape index (κ2) is 5.87. The van der Waals surface area contributed by atoms with Crippen molar-refractivity contribution in [3.63, 3.8) is 0 Å². The third-order valence-electron chi connectivity index (χ3n) is 1.86. The Labute approximate surface area is 99.8 Å². The van der Waals surface area contributed by atoms with E-state index < -0.39 is 30.6 Å². The summed E-state index contributed by atoms with van der Waals surface area (Å²) in [6, 6.07) is 2.45. The number of nitrogens with one attached hydrogen (secondary N) is 1. The molecule has 0 aliphatic rings. The molecule has 3 N–H and O–H groups in total. The van der Waals surface area contributed by atoms with Crippen molar-refractivity contribution in [1.29, 1.82) is 0 Å². The molecule has 0 amide bonds. The standard InChI is InChI=1S/C10H11F4NO3/c11-6-1-7(15-4-8(17)5-16)3-9(2-6)18-10(12,13)14/h1-3,8,15-17H,4-5H2. The van der Waals surface area contributed by atoms with Crippen LogP contribution in [0.25, 0.3) is 0 Å². The number of rotatable bonds is 5. The molecule has 18 heavy (non-hydrogen) atoms. The summed E-state index contributed by atoms with van der Waals surface area (Å²) in [5, 5.41) is 20.0. The fourth-order valence-electron chi connectivity index (χ4n) is 1.16. The van der Waals surface area contributed by atoms with Gasteiger partial charge in [-0.25, -0.2) is 4.39 Å². The molecule has 0 fully saturated rings. The molecule has 1 aromatic carbocycles. The zero-order chi connectivity index (χ0) is 13.8. The second-order valence-electron chi connectivity index (χ2n) is 3.44. The van der Waals surface area contributed by atoms with Gasteiger partial charge in [0.25, 0.3) is 0 Å². The predicted molar refractivity (Wildman–Crippen MR) is 54.7 cm³/mol. The Morgan fingerprint density at radius 2 is 1.94 bits per heavy atom. The number of aliphatic hydroxyl groups excluding tert-OH is 2. The van der Waals surface area contributed by atoms with Crippen LogP contribution in [0, 0.1) is 5.82 Å². The summed E-state index contributed by atoms with van der Waals surface area (Å²) in [5.41, 5.74) is 0.00162. The van der Waals surface area contributed by atoms with Crippen molar-refractivity contribution >= 4 is 5.69 Å². The summed E-state index contributed by atoms with van der Waals surface area (Å²) < 4.78 is 52.4. The molecule has 1 unspecified atom stereocenters. The Kier molecular flexibility index (Phi) is 4.74. The average Bonchev–Trinajstić information content (AvgIpc) is 2.22. The van der Waals surface area contributed by atoms with Gasteiger partial charge in [-0.2, -0.15) is 0 Å². The number of alkyl halides is 3. The van der Waals surface area contributed by atoms with Gasteiger partial charge in [0.15, 0.2) is 0 Å². The number of anilines is 1. The van der Waals surface area contributed by atoms with E-state index in [1.165, 1.54) is 0 Å². The van der Waals surface area contributed by atoms with E-state index in [1.807, 2.05) is 0 Å². The van der Waals surface area contributed by atoms with Crippen molar-refractivity contribution in [2.75, 3.05) is 18.5 Å². The molecule has 0 bridgehead atoms. The van der Waals surface area contributed by atoms with Crippen LogP contribution in [0.15, 0.2) is 18.2 Å². The van der Waals surface area contributed by atoms with Crippen molar-refractivity contribution in [3.05, 3.63) is 24.0 Å². The topological polar surface area (TPSA) is 61.7 Å². The third kappa shape index (κ3) is 5.19. The maximum atomic E-state index is 13.0. The molecule has 1 rings (SSSR count). The van der Waals surface area contributed by atoms with Crippen LogP contribution in [-0.4, -0.2) is 35.8 Å². The minimum absolute atomic E-state index is 0.00162. The fourth-order valence-corrected chi connectivity index (χ4v) is 1.16. The van der Waals surface area contributed by atoms with Crippen molar-refractivity contribution in [3.8, 4) is 5.75 Å². The first-order chi connectivity index (χ1) is 8.30. The highest BCUT2D eigenvalue weighted by Crippen LogP contribution is 2.26. The predicted octanol–water partition coefficient (Wildman–Crippen LogP) is 1.49. The van der Waals surface area contributed by atoms with Gasteiger partial charge in [-0.15, -0.1) is 13.2 Å². The van der Waals surface area contributed by atoms with Gasteiger partial charge in [0.1, 0.15) is 11.6 Å². The number of benzene rings is 1. The molecule has 0 aromatic heterocycles. The Bertz CT molecular complexity index is 397. The first kappa shape index (κ1) is 14.5. The lowest BCUT2D eigenvalue weighted by Crippen LogP contribution is -2.23. The SMILES string of the molecule is OCC(O)CNc1cc(F)cc(OC(F)(F)F)c1. The molecule has 8 heteroatoms. The lowest BCUT2D eigenvalue weighted by atomic mass is 10.2. The summed E-state index contributed by atoms with van der Waals surface area (Å²) in [4.78, 5) is 0. The minimum atomic E-state index is -4.91. The van der Waals surface area contributed by atoms with Crippen LogP contribution in [0.5, 0.6) is 5.75 Å². The molecule has 0 aliphatic carbocycles. The first-order valence-electron chi connectivity index (χ1n) is 4.89. The van der Waals surface area contributed by atoms with Crippen molar-refractivity contribution < 1.29 is 32.5 Å². The van der Waals surface area contributed by atoms with E-state index >= 15 is 0 Å².